The molecule has 0 amide bonds. The number of rotatable bonds is 4. The standard InChI is InChI=1S/C14H21NO3S/c1-4-12-8-18-9(2)6-15(12)7-11-5-13(14(16)17)19-10(11)3/h5,9,12H,4,6-8H2,1-3H3,(H,16,17). The molecule has 2 unspecified atom stereocenters. The predicted octanol–water partition coefficient (Wildman–Crippen LogP) is 2.75. The molecule has 2 atom stereocenters. The third-order valence-corrected chi connectivity index (χ3v) is 4.74. The fraction of sp³-hybridized carbons (Fsp3) is 0.643. The fourth-order valence-corrected chi connectivity index (χ4v) is 3.36. The van der Waals surface area contributed by atoms with Gasteiger partial charge in [0.15, 0.2) is 0 Å². The second-order valence-electron chi connectivity index (χ2n) is 5.13. The Morgan fingerprint density at radius 3 is 2.95 bits per heavy atom. The molecule has 1 N–H and O–H groups in total. The smallest absolute Gasteiger partial charge is 0.345 e. The Morgan fingerprint density at radius 1 is 1.63 bits per heavy atom. The second-order valence-corrected chi connectivity index (χ2v) is 6.39. The molecular formula is C14H21NO3S. The Morgan fingerprint density at radius 2 is 2.37 bits per heavy atom. The maximum Gasteiger partial charge on any atom is 0.345 e. The molecule has 0 aromatic carbocycles. The lowest BCUT2D eigenvalue weighted by atomic mass is 10.1. The van der Waals surface area contributed by atoms with Crippen LogP contribution in [0.4, 0.5) is 0 Å². The number of carboxylic acids is 1. The highest BCUT2D eigenvalue weighted by atomic mass is 32.1. The summed E-state index contributed by atoms with van der Waals surface area (Å²) in [6.07, 6.45) is 1.31. The number of carbonyl (C=O) groups is 1. The third-order valence-electron chi connectivity index (χ3n) is 3.66. The van der Waals surface area contributed by atoms with E-state index in [1.54, 1.807) is 0 Å². The van der Waals surface area contributed by atoms with Crippen molar-refractivity contribution in [3.63, 3.8) is 0 Å². The first-order valence-electron chi connectivity index (χ1n) is 6.69. The monoisotopic (exact) mass is 283 g/mol. The van der Waals surface area contributed by atoms with E-state index >= 15 is 0 Å². The molecule has 19 heavy (non-hydrogen) atoms. The lowest BCUT2D eigenvalue weighted by Crippen LogP contribution is -2.47. The van der Waals surface area contributed by atoms with Crippen LogP contribution in [0.3, 0.4) is 0 Å². The van der Waals surface area contributed by atoms with E-state index in [9.17, 15) is 4.79 Å². The molecule has 1 aliphatic heterocycles. The molecule has 1 fully saturated rings. The second kappa shape index (κ2) is 6.03. The highest BCUT2D eigenvalue weighted by Crippen LogP contribution is 2.25. The number of thiophene rings is 1. The molecule has 0 bridgehead atoms. The molecule has 2 heterocycles. The van der Waals surface area contributed by atoms with E-state index in [0.717, 1.165) is 36.6 Å². The predicted molar refractivity (Wildman–Crippen MR) is 75.9 cm³/mol. The lowest BCUT2D eigenvalue weighted by Gasteiger charge is -2.38. The lowest BCUT2D eigenvalue weighted by molar-refractivity contribution is -0.0592. The van der Waals surface area contributed by atoms with Crippen LogP contribution in [0.5, 0.6) is 0 Å². The average molecular weight is 283 g/mol. The van der Waals surface area contributed by atoms with E-state index in [4.69, 9.17) is 9.84 Å². The summed E-state index contributed by atoms with van der Waals surface area (Å²) in [7, 11) is 0. The first-order valence-corrected chi connectivity index (χ1v) is 7.51. The molecule has 2 rings (SSSR count). The molecule has 0 aliphatic carbocycles. The van der Waals surface area contributed by atoms with Gasteiger partial charge in [-0.1, -0.05) is 6.92 Å². The first kappa shape index (κ1) is 14.5. The van der Waals surface area contributed by atoms with E-state index < -0.39 is 5.97 Å². The third kappa shape index (κ3) is 3.35. The molecule has 1 saturated heterocycles. The van der Waals surface area contributed by atoms with Gasteiger partial charge in [-0.15, -0.1) is 11.3 Å². The molecule has 4 nitrogen and oxygen atoms in total. The molecule has 0 saturated carbocycles. The van der Waals surface area contributed by atoms with Gasteiger partial charge in [-0.3, -0.25) is 4.90 Å². The van der Waals surface area contributed by atoms with Crippen LogP contribution < -0.4 is 0 Å². The van der Waals surface area contributed by atoms with E-state index in [2.05, 4.69) is 18.7 Å². The summed E-state index contributed by atoms with van der Waals surface area (Å²) in [5.41, 5.74) is 1.13. The number of nitrogens with zero attached hydrogens (tertiary/aromatic N) is 1. The summed E-state index contributed by atoms with van der Waals surface area (Å²) in [6, 6.07) is 2.25. The van der Waals surface area contributed by atoms with Gasteiger partial charge >= 0.3 is 5.97 Å². The Hall–Kier alpha value is -0.910. The molecule has 1 aliphatic rings. The van der Waals surface area contributed by atoms with Crippen LogP contribution in [0, 0.1) is 6.92 Å². The SMILES string of the molecule is CCC1COC(C)CN1Cc1cc(C(=O)O)sc1C. The minimum Gasteiger partial charge on any atom is -0.477 e. The van der Waals surface area contributed by atoms with Crippen molar-refractivity contribution in [2.45, 2.75) is 45.9 Å². The van der Waals surface area contributed by atoms with E-state index in [1.165, 1.54) is 11.3 Å². The highest BCUT2D eigenvalue weighted by Gasteiger charge is 2.26. The summed E-state index contributed by atoms with van der Waals surface area (Å²) in [6.45, 7) is 8.75. The van der Waals surface area contributed by atoms with Crippen molar-refractivity contribution in [1.29, 1.82) is 0 Å². The van der Waals surface area contributed by atoms with Crippen LogP contribution in [0.2, 0.25) is 0 Å². The summed E-state index contributed by atoms with van der Waals surface area (Å²) < 4.78 is 5.69. The Kier molecular flexibility index (Phi) is 4.60. The van der Waals surface area contributed by atoms with Gasteiger partial charge in [-0.25, -0.2) is 4.79 Å². The highest BCUT2D eigenvalue weighted by molar-refractivity contribution is 7.14. The topological polar surface area (TPSA) is 49.8 Å². The quantitative estimate of drug-likeness (QED) is 0.923. The van der Waals surface area contributed by atoms with E-state index in [0.29, 0.717) is 10.9 Å². The molecule has 1 aromatic rings. The number of aryl methyl sites for hydroxylation is 1. The van der Waals surface area contributed by atoms with Crippen molar-refractivity contribution < 1.29 is 14.6 Å². The number of hydrogen-bond acceptors (Lipinski definition) is 4. The molecule has 0 radical (unpaired) electrons. The van der Waals surface area contributed by atoms with Crippen LogP contribution in [0.15, 0.2) is 6.07 Å². The van der Waals surface area contributed by atoms with Gasteiger partial charge in [0.25, 0.3) is 0 Å². The number of aromatic carboxylic acids is 1. The Balaban J connectivity index is 2.12. The summed E-state index contributed by atoms with van der Waals surface area (Å²) in [4.78, 5) is 15.0. The van der Waals surface area contributed by atoms with Gasteiger partial charge in [0, 0.05) is 24.0 Å². The van der Waals surface area contributed by atoms with Crippen molar-refractivity contribution in [2.75, 3.05) is 13.2 Å². The van der Waals surface area contributed by atoms with Crippen LogP contribution in [0.25, 0.3) is 0 Å². The van der Waals surface area contributed by atoms with Crippen LogP contribution >= 0.6 is 11.3 Å². The van der Waals surface area contributed by atoms with Crippen molar-refractivity contribution in [3.05, 3.63) is 21.4 Å². The number of ether oxygens (including phenoxy) is 1. The zero-order valence-corrected chi connectivity index (χ0v) is 12.5. The van der Waals surface area contributed by atoms with Gasteiger partial charge in [0.1, 0.15) is 4.88 Å². The zero-order chi connectivity index (χ0) is 14.0. The Labute approximate surface area is 118 Å². The number of carboxylic acid groups (broad SMARTS) is 1. The van der Waals surface area contributed by atoms with Gasteiger partial charge < -0.3 is 9.84 Å². The number of hydrogen-bond donors (Lipinski definition) is 1. The minimum absolute atomic E-state index is 0.251. The molecular weight excluding hydrogens is 262 g/mol. The number of morpholine rings is 1. The van der Waals surface area contributed by atoms with Gasteiger partial charge in [-0.05, 0) is 31.9 Å². The first-order chi connectivity index (χ1) is 9.01. The van der Waals surface area contributed by atoms with Crippen molar-refractivity contribution >= 4 is 17.3 Å². The summed E-state index contributed by atoms with van der Waals surface area (Å²) >= 11 is 1.36. The van der Waals surface area contributed by atoms with Crippen LogP contribution in [0.1, 0.15) is 40.4 Å². The van der Waals surface area contributed by atoms with Gasteiger partial charge in [0.2, 0.25) is 0 Å². The largest absolute Gasteiger partial charge is 0.477 e. The normalized spacial score (nSPS) is 24.6. The zero-order valence-electron chi connectivity index (χ0n) is 11.7. The average Bonchev–Trinajstić information content (AvgIpc) is 2.72. The maximum atomic E-state index is 11.0. The molecule has 0 spiro atoms. The Bertz CT molecular complexity index is 458. The van der Waals surface area contributed by atoms with Crippen molar-refractivity contribution in [2.24, 2.45) is 0 Å². The molecule has 1 aromatic heterocycles. The van der Waals surface area contributed by atoms with Gasteiger partial charge in [0.05, 0.1) is 12.7 Å². The van der Waals surface area contributed by atoms with Crippen LogP contribution in [-0.2, 0) is 11.3 Å². The van der Waals surface area contributed by atoms with E-state index in [-0.39, 0.29) is 6.10 Å². The van der Waals surface area contributed by atoms with Gasteiger partial charge in [-0.2, -0.15) is 0 Å². The molecule has 5 heteroatoms. The van der Waals surface area contributed by atoms with Crippen molar-refractivity contribution in [1.82, 2.24) is 4.90 Å². The summed E-state index contributed by atoms with van der Waals surface area (Å²) in [5, 5.41) is 9.05. The fourth-order valence-electron chi connectivity index (χ4n) is 2.48. The van der Waals surface area contributed by atoms with Crippen molar-refractivity contribution in [3.8, 4) is 0 Å². The summed E-state index contributed by atoms with van der Waals surface area (Å²) in [5.74, 6) is -0.832. The molecule has 106 valence electrons. The minimum atomic E-state index is -0.832. The van der Waals surface area contributed by atoms with E-state index in [1.807, 2.05) is 13.0 Å². The maximum absolute atomic E-state index is 11.0. The van der Waals surface area contributed by atoms with Crippen LogP contribution in [-0.4, -0.2) is 41.3 Å².